The Labute approximate surface area is 174 Å². The number of likely N-dealkylation sites (tertiary alicyclic amines) is 1. The molecule has 1 saturated heterocycles. The number of esters is 1. The van der Waals surface area contributed by atoms with Crippen molar-refractivity contribution in [1.29, 1.82) is 0 Å². The smallest absolute Gasteiger partial charge is 0.305 e. The molecule has 0 saturated carbocycles. The number of rotatable bonds is 10. The molecule has 7 nitrogen and oxygen atoms in total. The Morgan fingerprint density at radius 1 is 1.21 bits per heavy atom. The maximum Gasteiger partial charge on any atom is 0.305 e. The summed E-state index contributed by atoms with van der Waals surface area (Å²) in [5.74, 6) is -0.115. The number of piperidine rings is 1. The van der Waals surface area contributed by atoms with Crippen LogP contribution in [0, 0.1) is 0 Å². The van der Waals surface area contributed by atoms with E-state index in [0.717, 1.165) is 51.0 Å². The summed E-state index contributed by atoms with van der Waals surface area (Å²) in [6.45, 7) is 5.18. The number of hydrogen-bond donors (Lipinski definition) is 1. The molecule has 0 radical (unpaired) electrons. The van der Waals surface area contributed by atoms with E-state index in [2.05, 4.69) is 33.2 Å². The lowest BCUT2D eigenvalue weighted by molar-refractivity contribution is -0.140. The fourth-order valence-electron chi connectivity index (χ4n) is 3.85. The number of ether oxygens (including phenoxy) is 1. The van der Waals surface area contributed by atoms with Crippen LogP contribution in [0.1, 0.15) is 58.3 Å². The molecule has 0 unspecified atom stereocenters. The van der Waals surface area contributed by atoms with Gasteiger partial charge in [0.25, 0.3) is 0 Å². The molecule has 1 aliphatic carbocycles. The average Bonchev–Trinajstić information content (AvgIpc) is 2.75. The zero-order chi connectivity index (χ0) is 21.1. The summed E-state index contributed by atoms with van der Waals surface area (Å²) in [4.78, 5) is 39.8. The molecule has 0 aromatic carbocycles. The van der Waals surface area contributed by atoms with Crippen LogP contribution in [0.2, 0.25) is 0 Å². The number of nitrogens with one attached hydrogen (secondary N) is 1. The molecule has 1 aliphatic heterocycles. The van der Waals surface area contributed by atoms with Crippen molar-refractivity contribution >= 4 is 17.8 Å². The zero-order valence-corrected chi connectivity index (χ0v) is 17.8. The minimum atomic E-state index is -0.282. The van der Waals surface area contributed by atoms with Gasteiger partial charge in [-0.05, 0) is 38.2 Å². The molecule has 162 valence electrons. The van der Waals surface area contributed by atoms with Crippen LogP contribution in [0.25, 0.3) is 0 Å². The number of methoxy groups -OCH3 is 1. The van der Waals surface area contributed by atoms with Gasteiger partial charge >= 0.3 is 5.97 Å². The summed E-state index contributed by atoms with van der Waals surface area (Å²) in [5.41, 5.74) is 1.06. The average molecular weight is 406 g/mol. The monoisotopic (exact) mass is 405 g/mol. The Kier molecular flexibility index (Phi) is 9.91. The highest BCUT2D eigenvalue weighted by molar-refractivity contribution is 5.79. The van der Waals surface area contributed by atoms with Crippen LogP contribution in [0.4, 0.5) is 0 Å². The zero-order valence-electron chi connectivity index (χ0n) is 17.8. The van der Waals surface area contributed by atoms with Gasteiger partial charge in [-0.25, -0.2) is 0 Å². The van der Waals surface area contributed by atoms with E-state index in [4.69, 9.17) is 0 Å². The largest absolute Gasteiger partial charge is 0.469 e. The lowest BCUT2D eigenvalue weighted by atomic mass is 10.00. The van der Waals surface area contributed by atoms with Crippen molar-refractivity contribution in [1.82, 2.24) is 15.1 Å². The second kappa shape index (κ2) is 12.4. The Morgan fingerprint density at radius 2 is 1.97 bits per heavy atom. The molecule has 0 bridgehead atoms. The van der Waals surface area contributed by atoms with Crippen molar-refractivity contribution in [2.75, 3.05) is 33.3 Å². The van der Waals surface area contributed by atoms with E-state index in [1.54, 1.807) is 0 Å². The summed E-state index contributed by atoms with van der Waals surface area (Å²) in [7, 11) is 1.35. The minimum absolute atomic E-state index is 0.0282. The minimum Gasteiger partial charge on any atom is -0.469 e. The van der Waals surface area contributed by atoms with E-state index in [0.29, 0.717) is 25.8 Å². The summed E-state index contributed by atoms with van der Waals surface area (Å²) < 4.78 is 4.57. The highest BCUT2D eigenvalue weighted by Crippen LogP contribution is 2.24. The molecule has 0 aromatic heterocycles. The van der Waals surface area contributed by atoms with Gasteiger partial charge < -0.3 is 19.9 Å². The number of carbonyl (C=O) groups is 3. The van der Waals surface area contributed by atoms with Crippen LogP contribution in [0.5, 0.6) is 0 Å². The third-order valence-corrected chi connectivity index (χ3v) is 5.51. The predicted octanol–water partition coefficient (Wildman–Crippen LogP) is 2.38. The molecule has 0 atom stereocenters. The van der Waals surface area contributed by atoms with Gasteiger partial charge in [0.2, 0.25) is 11.8 Å². The fourth-order valence-corrected chi connectivity index (χ4v) is 3.85. The molecule has 0 spiro atoms. The number of allylic oxidation sites excluding steroid dienone is 3. The topological polar surface area (TPSA) is 79.0 Å². The lowest BCUT2D eigenvalue weighted by Gasteiger charge is -2.39. The number of amides is 2. The van der Waals surface area contributed by atoms with Gasteiger partial charge in [0, 0.05) is 57.2 Å². The van der Waals surface area contributed by atoms with Gasteiger partial charge in [-0.3, -0.25) is 14.4 Å². The molecular formula is C22H35N3O4. The highest BCUT2D eigenvalue weighted by atomic mass is 16.5. The van der Waals surface area contributed by atoms with Crippen LogP contribution in [-0.4, -0.2) is 66.9 Å². The van der Waals surface area contributed by atoms with Gasteiger partial charge in [0.1, 0.15) is 0 Å². The molecule has 2 rings (SSSR count). The number of carbonyl (C=O) groups excluding carboxylic acids is 3. The number of hydrogen-bond acceptors (Lipinski definition) is 5. The summed E-state index contributed by atoms with van der Waals surface area (Å²) in [6.07, 6.45) is 12.0. The summed E-state index contributed by atoms with van der Waals surface area (Å²) >= 11 is 0. The van der Waals surface area contributed by atoms with E-state index in [1.807, 2.05) is 11.8 Å². The first-order chi connectivity index (χ1) is 14.0. The third kappa shape index (κ3) is 7.65. The molecule has 2 aliphatic rings. The molecule has 7 heteroatoms. The van der Waals surface area contributed by atoms with Crippen LogP contribution in [0.3, 0.4) is 0 Å². The maximum absolute atomic E-state index is 12.5. The van der Waals surface area contributed by atoms with Crippen molar-refractivity contribution in [3.05, 3.63) is 23.9 Å². The van der Waals surface area contributed by atoms with Crippen molar-refractivity contribution in [2.24, 2.45) is 0 Å². The Hall–Kier alpha value is -2.15. The first-order valence-electron chi connectivity index (χ1n) is 10.8. The van der Waals surface area contributed by atoms with Gasteiger partial charge in [0.15, 0.2) is 0 Å². The molecule has 0 aromatic rings. The highest BCUT2D eigenvalue weighted by Gasteiger charge is 2.29. The molecule has 1 N–H and O–H groups in total. The van der Waals surface area contributed by atoms with Gasteiger partial charge in [0.05, 0.1) is 7.11 Å². The Balaban J connectivity index is 1.70. The first-order valence-corrected chi connectivity index (χ1v) is 10.8. The predicted molar refractivity (Wildman–Crippen MR) is 112 cm³/mol. The molecular weight excluding hydrogens is 370 g/mol. The third-order valence-electron chi connectivity index (χ3n) is 5.51. The molecule has 1 heterocycles. The molecule has 29 heavy (non-hydrogen) atoms. The van der Waals surface area contributed by atoms with E-state index in [9.17, 15) is 14.4 Å². The van der Waals surface area contributed by atoms with Crippen LogP contribution < -0.4 is 5.32 Å². The van der Waals surface area contributed by atoms with Gasteiger partial charge in [-0.2, -0.15) is 0 Å². The van der Waals surface area contributed by atoms with Crippen molar-refractivity contribution in [2.45, 2.75) is 64.3 Å². The quantitative estimate of drug-likeness (QED) is 0.565. The SMILES string of the molecule is CCC(=O)N(C1=CCCC=C1)C1CCN(CCNC(=O)CCCC(=O)OC)CC1. The molecule has 1 fully saturated rings. The van der Waals surface area contributed by atoms with Crippen LogP contribution in [-0.2, 0) is 19.1 Å². The molecule has 2 amide bonds. The second-order valence-corrected chi connectivity index (χ2v) is 7.58. The van der Waals surface area contributed by atoms with Crippen LogP contribution >= 0.6 is 0 Å². The standard InChI is InChI=1S/C22H35N3O4/c1-3-21(27)25(18-8-5-4-6-9-18)19-12-15-24(16-13-19)17-14-23-20(26)10-7-11-22(28)29-2/h5,8-9,19H,3-4,6-7,10-17H2,1-2H3,(H,23,26). The Morgan fingerprint density at radius 3 is 2.59 bits per heavy atom. The van der Waals surface area contributed by atoms with Crippen molar-refractivity contribution < 1.29 is 19.1 Å². The lowest BCUT2D eigenvalue weighted by Crippen LogP contribution is -2.48. The number of nitrogens with zero attached hydrogens (tertiary/aromatic N) is 2. The van der Waals surface area contributed by atoms with Gasteiger partial charge in [-0.15, -0.1) is 0 Å². The normalized spacial score (nSPS) is 17.5. The van der Waals surface area contributed by atoms with E-state index in [-0.39, 0.29) is 30.2 Å². The van der Waals surface area contributed by atoms with Gasteiger partial charge in [-0.1, -0.05) is 19.1 Å². The maximum atomic E-state index is 12.5. The van der Waals surface area contributed by atoms with Crippen molar-refractivity contribution in [3.63, 3.8) is 0 Å². The van der Waals surface area contributed by atoms with E-state index < -0.39 is 0 Å². The summed E-state index contributed by atoms with van der Waals surface area (Å²) in [6, 6.07) is 0.251. The Bertz CT molecular complexity index is 622. The second-order valence-electron chi connectivity index (χ2n) is 7.58. The first kappa shape index (κ1) is 23.1. The van der Waals surface area contributed by atoms with E-state index >= 15 is 0 Å². The summed E-state index contributed by atoms with van der Waals surface area (Å²) in [5, 5.41) is 2.92. The van der Waals surface area contributed by atoms with Crippen LogP contribution in [0.15, 0.2) is 23.9 Å². The fraction of sp³-hybridized carbons (Fsp3) is 0.682. The van der Waals surface area contributed by atoms with Crippen molar-refractivity contribution in [3.8, 4) is 0 Å². The van der Waals surface area contributed by atoms with E-state index in [1.165, 1.54) is 7.11 Å².